The number of benzene rings is 1. The van der Waals surface area contributed by atoms with Crippen molar-refractivity contribution in [2.24, 2.45) is 0 Å². The smallest absolute Gasteiger partial charge is 0.335 e. The van der Waals surface area contributed by atoms with Crippen LogP contribution < -0.4 is 5.32 Å². The second-order valence-corrected chi connectivity index (χ2v) is 5.70. The van der Waals surface area contributed by atoms with Crippen LogP contribution in [-0.4, -0.2) is 41.0 Å². The quantitative estimate of drug-likeness (QED) is 0.817. The average Bonchev–Trinajstić information content (AvgIpc) is 2.47. The minimum Gasteiger partial charge on any atom is -0.478 e. The molecule has 118 valence electrons. The molecule has 0 saturated heterocycles. The predicted molar refractivity (Wildman–Crippen MR) is 84.7 cm³/mol. The van der Waals surface area contributed by atoms with E-state index in [0.29, 0.717) is 5.56 Å². The van der Waals surface area contributed by atoms with Gasteiger partial charge in [0, 0.05) is 32.6 Å². The molecule has 1 amide bonds. The Morgan fingerprint density at radius 2 is 2.00 bits per heavy atom. The zero-order valence-electron chi connectivity index (χ0n) is 13.0. The molecule has 1 aliphatic rings. The van der Waals surface area contributed by atoms with Gasteiger partial charge in [0.15, 0.2) is 0 Å². The van der Waals surface area contributed by atoms with Crippen molar-refractivity contribution >= 4 is 11.9 Å². The molecule has 1 aromatic carbocycles. The van der Waals surface area contributed by atoms with Crippen molar-refractivity contribution in [3.8, 4) is 0 Å². The van der Waals surface area contributed by atoms with Crippen molar-refractivity contribution in [3.05, 3.63) is 47.0 Å². The Labute approximate surface area is 130 Å². The fraction of sp³-hybridized carbons (Fsp3) is 0.412. The van der Waals surface area contributed by atoms with Crippen LogP contribution in [0.15, 0.2) is 35.9 Å². The SMILES string of the molecule is CC(=O)N[C@@H](C)C1=CCCN(Cc2ccc(C(=O)O)cc2)C1. The van der Waals surface area contributed by atoms with Crippen LogP contribution in [0, 0.1) is 0 Å². The normalized spacial score (nSPS) is 16.7. The van der Waals surface area contributed by atoms with Gasteiger partial charge in [0.1, 0.15) is 0 Å². The van der Waals surface area contributed by atoms with Crippen molar-refractivity contribution in [2.75, 3.05) is 13.1 Å². The van der Waals surface area contributed by atoms with Gasteiger partial charge in [-0.15, -0.1) is 0 Å². The van der Waals surface area contributed by atoms with Crippen molar-refractivity contribution in [2.45, 2.75) is 32.9 Å². The summed E-state index contributed by atoms with van der Waals surface area (Å²) in [4.78, 5) is 24.3. The summed E-state index contributed by atoms with van der Waals surface area (Å²) in [7, 11) is 0. The van der Waals surface area contributed by atoms with Gasteiger partial charge < -0.3 is 10.4 Å². The highest BCUT2D eigenvalue weighted by atomic mass is 16.4. The largest absolute Gasteiger partial charge is 0.478 e. The molecule has 0 aromatic heterocycles. The summed E-state index contributed by atoms with van der Waals surface area (Å²) in [6.07, 6.45) is 3.16. The molecule has 5 nitrogen and oxygen atoms in total. The number of nitrogens with one attached hydrogen (secondary N) is 1. The number of nitrogens with zero attached hydrogens (tertiary/aromatic N) is 1. The molecule has 1 heterocycles. The Bertz CT molecular complexity index is 578. The van der Waals surface area contributed by atoms with Gasteiger partial charge in [0.25, 0.3) is 0 Å². The van der Waals surface area contributed by atoms with E-state index in [1.165, 1.54) is 12.5 Å². The molecule has 0 unspecified atom stereocenters. The Hall–Kier alpha value is -2.14. The molecule has 0 fully saturated rings. The van der Waals surface area contributed by atoms with E-state index in [0.717, 1.165) is 31.6 Å². The third-order valence-corrected chi connectivity index (χ3v) is 3.84. The van der Waals surface area contributed by atoms with Crippen LogP contribution in [-0.2, 0) is 11.3 Å². The summed E-state index contributed by atoms with van der Waals surface area (Å²) < 4.78 is 0. The molecular formula is C17H22N2O3. The minimum absolute atomic E-state index is 0.0187. The molecule has 0 spiro atoms. The minimum atomic E-state index is -0.904. The van der Waals surface area contributed by atoms with Gasteiger partial charge >= 0.3 is 5.97 Å². The first kappa shape index (κ1) is 16.2. The number of carboxylic acid groups (broad SMARTS) is 1. The van der Waals surface area contributed by atoms with Crippen LogP contribution >= 0.6 is 0 Å². The number of rotatable bonds is 5. The third kappa shape index (κ3) is 4.43. The highest BCUT2D eigenvalue weighted by Crippen LogP contribution is 2.16. The maximum absolute atomic E-state index is 11.2. The third-order valence-electron chi connectivity index (χ3n) is 3.84. The van der Waals surface area contributed by atoms with Gasteiger partial charge in [0.05, 0.1) is 5.56 Å². The van der Waals surface area contributed by atoms with Crippen LogP contribution in [0.5, 0.6) is 0 Å². The fourth-order valence-corrected chi connectivity index (χ4v) is 2.69. The first-order valence-corrected chi connectivity index (χ1v) is 7.46. The average molecular weight is 302 g/mol. The molecule has 5 heteroatoms. The molecular weight excluding hydrogens is 280 g/mol. The molecule has 1 aromatic rings. The lowest BCUT2D eigenvalue weighted by Gasteiger charge is -2.30. The van der Waals surface area contributed by atoms with Gasteiger partial charge in [-0.05, 0) is 36.6 Å². The Morgan fingerprint density at radius 1 is 1.32 bits per heavy atom. The van der Waals surface area contributed by atoms with Crippen LogP contribution in [0.3, 0.4) is 0 Å². The summed E-state index contributed by atoms with van der Waals surface area (Å²) in [5.74, 6) is -0.923. The van der Waals surface area contributed by atoms with Crippen molar-refractivity contribution in [1.82, 2.24) is 10.2 Å². The standard InChI is InChI=1S/C17H22N2O3/c1-12(18-13(2)20)16-4-3-9-19(11-16)10-14-5-7-15(8-6-14)17(21)22/h4-8,12H,3,9-11H2,1-2H3,(H,18,20)(H,21,22)/t12-/m0/s1. The monoisotopic (exact) mass is 302 g/mol. The van der Waals surface area contributed by atoms with E-state index in [-0.39, 0.29) is 11.9 Å². The lowest BCUT2D eigenvalue weighted by Crippen LogP contribution is -2.39. The molecule has 2 N–H and O–H groups in total. The van der Waals surface area contributed by atoms with E-state index in [9.17, 15) is 9.59 Å². The second-order valence-electron chi connectivity index (χ2n) is 5.70. The van der Waals surface area contributed by atoms with Gasteiger partial charge in [-0.2, -0.15) is 0 Å². The summed E-state index contributed by atoms with van der Waals surface area (Å²) in [6.45, 7) is 6.10. The number of hydrogen-bond acceptors (Lipinski definition) is 3. The second kappa shape index (κ2) is 7.22. The molecule has 0 radical (unpaired) electrons. The van der Waals surface area contributed by atoms with Crippen LogP contribution in [0.1, 0.15) is 36.2 Å². The van der Waals surface area contributed by atoms with E-state index < -0.39 is 5.97 Å². The lowest BCUT2D eigenvalue weighted by molar-refractivity contribution is -0.119. The van der Waals surface area contributed by atoms with Crippen LogP contribution in [0.4, 0.5) is 0 Å². The summed E-state index contributed by atoms with van der Waals surface area (Å²) in [5.41, 5.74) is 2.63. The number of amides is 1. The van der Waals surface area contributed by atoms with Gasteiger partial charge in [0.2, 0.25) is 5.91 Å². The van der Waals surface area contributed by atoms with E-state index >= 15 is 0 Å². The van der Waals surface area contributed by atoms with Gasteiger partial charge in [-0.3, -0.25) is 9.69 Å². The molecule has 0 saturated carbocycles. The van der Waals surface area contributed by atoms with E-state index in [4.69, 9.17) is 5.11 Å². The molecule has 0 aliphatic carbocycles. The summed E-state index contributed by atoms with van der Waals surface area (Å²) >= 11 is 0. The Morgan fingerprint density at radius 3 is 2.59 bits per heavy atom. The van der Waals surface area contributed by atoms with E-state index in [1.807, 2.05) is 19.1 Å². The number of aromatic carboxylic acids is 1. The van der Waals surface area contributed by atoms with Gasteiger partial charge in [-0.25, -0.2) is 4.79 Å². The number of carboxylic acids is 1. The molecule has 0 bridgehead atoms. The van der Waals surface area contributed by atoms with Crippen molar-refractivity contribution in [1.29, 1.82) is 0 Å². The van der Waals surface area contributed by atoms with Crippen molar-refractivity contribution in [3.63, 3.8) is 0 Å². The topological polar surface area (TPSA) is 69.6 Å². The van der Waals surface area contributed by atoms with Gasteiger partial charge in [-0.1, -0.05) is 18.2 Å². The fourth-order valence-electron chi connectivity index (χ4n) is 2.69. The first-order valence-electron chi connectivity index (χ1n) is 7.46. The first-order chi connectivity index (χ1) is 10.5. The van der Waals surface area contributed by atoms with Crippen molar-refractivity contribution < 1.29 is 14.7 Å². The number of carbonyl (C=O) groups is 2. The molecule has 1 atom stereocenters. The lowest BCUT2D eigenvalue weighted by atomic mass is 10.0. The summed E-state index contributed by atoms with van der Waals surface area (Å²) in [6, 6.07) is 7.04. The number of hydrogen-bond donors (Lipinski definition) is 2. The van der Waals surface area contributed by atoms with Crippen LogP contribution in [0.25, 0.3) is 0 Å². The highest BCUT2D eigenvalue weighted by Gasteiger charge is 2.18. The molecule has 1 aliphatic heterocycles. The number of carbonyl (C=O) groups excluding carboxylic acids is 1. The summed E-state index contributed by atoms with van der Waals surface area (Å²) in [5, 5.41) is 11.8. The maximum atomic E-state index is 11.2. The Kier molecular flexibility index (Phi) is 5.33. The van der Waals surface area contributed by atoms with Crippen LogP contribution in [0.2, 0.25) is 0 Å². The zero-order chi connectivity index (χ0) is 16.1. The molecule has 2 rings (SSSR count). The van der Waals surface area contributed by atoms with E-state index in [1.54, 1.807) is 12.1 Å². The highest BCUT2D eigenvalue weighted by molar-refractivity contribution is 5.87. The predicted octanol–water partition coefficient (Wildman–Crippen LogP) is 2.04. The maximum Gasteiger partial charge on any atom is 0.335 e. The Balaban J connectivity index is 1.95. The molecule has 22 heavy (non-hydrogen) atoms. The van der Waals surface area contributed by atoms with E-state index in [2.05, 4.69) is 16.3 Å². The zero-order valence-corrected chi connectivity index (χ0v) is 13.0.